The van der Waals surface area contributed by atoms with Crippen LogP contribution in [-0.4, -0.2) is 22.0 Å². The summed E-state index contributed by atoms with van der Waals surface area (Å²) >= 11 is 5.98. The number of hydrogen-bond donors (Lipinski definition) is 2. The third-order valence-corrected chi connectivity index (χ3v) is 5.99. The highest BCUT2D eigenvalue weighted by atomic mass is 35.5. The van der Waals surface area contributed by atoms with Crippen LogP contribution in [0.3, 0.4) is 0 Å². The number of anilines is 2. The number of nitrogens with zero attached hydrogens (tertiary/aromatic N) is 2. The highest BCUT2D eigenvalue weighted by Gasteiger charge is 2.25. The number of benzene rings is 3. The molecular formula is C26H21ClN4O2. The molecule has 5 rings (SSSR count). The number of aryl methyl sites for hydroxylation is 1. The predicted octanol–water partition coefficient (Wildman–Crippen LogP) is 5.46. The smallest absolute Gasteiger partial charge is 0.259 e. The molecule has 0 bridgehead atoms. The highest BCUT2D eigenvalue weighted by Crippen LogP contribution is 2.32. The monoisotopic (exact) mass is 456 g/mol. The van der Waals surface area contributed by atoms with E-state index in [1.54, 1.807) is 4.90 Å². The highest BCUT2D eigenvalue weighted by molar-refractivity contribution is 6.30. The zero-order chi connectivity index (χ0) is 22.8. The summed E-state index contributed by atoms with van der Waals surface area (Å²) in [5.41, 5.74) is 5.61. The molecule has 2 heterocycles. The first-order valence-electron chi connectivity index (χ1n) is 10.7. The van der Waals surface area contributed by atoms with Crippen LogP contribution in [0.5, 0.6) is 0 Å². The van der Waals surface area contributed by atoms with Crippen molar-refractivity contribution in [1.29, 1.82) is 0 Å². The molecule has 0 unspecified atom stereocenters. The largest absolute Gasteiger partial charge is 0.322 e. The maximum Gasteiger partial charge on any atom is 0.259 e. The molecule has 0 aliphatic carbocycles. The van der Waals surface area contributed by atoms with Crippen LogP contribution >= 0.6 is 11.6 Å². The molecule has 164 valence electrons. The average Bonchev–Trinajstić information content (AvgIpc) is 3.33. The average molecular weight is 457 g/mol. The van der Waals surface area contributed by atoms with Crippen LogP contribution < -0.4 is 10.2 Å². The number of fused-ring (bicyclic) bond motifs is 1. The topological polar surface area (TPSA) is 78.1 Å². The van der Waals surface area contributed by atoms with Gasteiger partial charge in [-0.2, -0.15) is 5.10 Å². The van der Waals surface area contributed by atoms with E-state index in [0.29, 0.717) is 41.4 Å². The van der Waals surface area contributed by atoms with Crippen molar-refractivity contribution >= 4 is 34.8 Å². The first kappa shape index (κ1) is 21.0. The van der Waals surface area contributed by atoms with E-state index in [4.69, 9.17) is 11.6 Å². The minimum Gasteiger partial charge on any atom is -0.322 e. The normalized spacial score (nSPS) is 13.0. The van der Waals surface area contributed by atoms with Gasteiger partial charge in [-0.1, -0.05) is 54.1 Å². The lowest BCUT2D eigenvalue weighted by atomic mass is 9.99. The maximum atomic E-state index is 13.0. The molecule has 1 aliphatic heterocycles. The zero-order valence-corrected chi connectivity index (χ0v) is 18.5. The van der Waals surface area contributed by atoms with E-state index in [-0.39, 0.29) is 11.8 Å². The van der Waals surface area contributed by atoms with Gasteiger partial charge in [-0.05, 0) is 47.9 Å². The van der Waals surface area contributed by atoms with Crippen molar-refractivity contribution in [1.82, 2.24) is 10.2 Å². The summed E-state index contributed by atoms with van der Waals surface area (Å²) in [6.45, 7) is 0.476. The Bertz CT molecular complexity index is 1320. The number of hydrogen-bond acceptors (Lipinski definition) is 3. The number of halogens is 1. The number of carbonyl (C=O) groups excluding carboxylic acids is 2. The summed E-state index contributed by atoms with van der Waals surface area (Å²) in [4.78, 5) is 27.4. The van der Waals surface area contributed by atoms with Crippen LogP contribution in [0, 0.1) is 0 Å². The molecular weight excluding hydrogens is 436 g/mol. The van der Waals surface area contributed by atoms with E-state index in [1.165, 1.54) is 6.20 Å². The summed E-state index contributed by atoms with van der Waals surface area (Å²) in [6, 6.07) is 22.8. The number of amides is 2. The van der Waals surface area contributed by atoms with Crippen molar-refractivity contribution in [2.75, 3.05) is 10.2 Å². The molecule has 2 N–H and O–H groups in total. The molecule has 7 heteroatoms. The fourth-order valence-corrected chi connectivity index (χ4v) is 4.19. The van der Waals surface area contributed by atoms with Crippen LogP contribution in [0.4, 0.5) is 11.4 Å². The molecule has 3 aromatic carbocycles. The summed E-state index contributed by atoms with van der Waals surface area (Å²) < 4.78 is 0. The molecule has 1 aromatic heterocycles. The summed E-state index contributed by atoms with van der Waals surface area (Å²) in [5, 5.41) is 10.6. The van der Waals surface area contributed by atoms with Crippen molar-refractivity contribution in [3.8, 4) is 11.3 Å². The van der Waals surface area contributed by atoms with Gasteiger partial charge in [0.25, 0.3) is 5.91 Å². The Morgan fingerprint density at radius 2 is 1.82 bits per heavy atom. The van der Waals surface area contributed by atoms with Gasteiger partial charge in [0.2, 0.25) is 5.91 Å². The molecule has 1 aliphatic rings. The second-order valence-corrected chi connectivity index (χ2v) is 8.37. The molecule has 33 heavy (non-hydrogen) atoms. The quantitative estimate of drug-likeness (QED) is 0.418. The van der Waals surface area contributed by atoms with Gasteiger partial charge in [-0.15, -0.1) is 0 Å². The SMILES string of the molecule is O=C(Nc1ccc2c(c1)CCC(=O)N2Cc1ccc(Cl)cc1)c1cn[nH]c1-c1ccccc1. The number of rotatable bonds is 5. The summed E-state index contributed by atoms with van der Waals surface area (Å²) in [6.07, 6.45) is 2.59. The number of aromatic amines is 1. The van der Waals surface area contributed by atoms with E-state index in [9.17, 15) is 9.59 Å². The number of aromatic nitrogens is 2. The van der Waals surface area contributed by atoms with Gasteiger partial charge >= 0.3 is 0 Å². The second kappa shape index (κ2) is 8.92. The zero-order valence-electron chi connectivity index (χ0n) is 17.7. The molecule has 0 saturated heterocycles. The first-order chi connectivity index (χ1) is 16.1. The fraction of sp³-hybridized carbons (Fsp3) is 0.115. The van der Waals surface area contributed by atoms with E-state index in [1.807, 2.05) is 72.8 Å². The Balaban J connectivity index is 1.37. The van der Waals surface area contributed by atoms with Crippen molar-refractivity contribution < 1.29 is 9.59 Å². The minimum atomic E-state index is -0.243. The number of H-pyrrole nitrogens is 1. The lowest BCUT2D eigenvalue weighted by molar-refractivity contribution is -0.119. The van der Waals surface area contributed by atoms with Gasteiger partial charge < -0.3 is 10.2 Å². The minimum absolute atomic E-state index is 0.0835. The molecule has 4 aromatic rings. The van der Waals surface area contributed by atoms with Gasteiger partial charge in [0.1, 0.15) is 0 Å². The van der Waals surface area contributed by atoms with E-state index < -0.39 is 0 Å². The van der Waals surface area contributed by atoms with Crippen LogP contribution in [0.1, 0.15) is 27.9 Å². The predicted molar refractivity (Wildman–Crippen MR) is 129 cm³/mol. The van der Waals surface area contributed by atoms with Gasteiger partial charge in [0, 0.05) is 28.4 Å². The molecule has 0 saturated carbocycles. The molecule has 0 fully saturated rings. The van der Waals surface area contributed by atoms with E-state index in [0.717, 1.165) is 22.4 Å². The lowest BCUT2D eigenvalue weighted by Gasteiger charge is -2.30. The van der Waals surface area contributed by atoms with Crippen LogP contribution in [0.2, 0.25) is 5.02 Å². The third kappa shape index (κ3) is 4.38. The Morgan fingerprint density at radius 1 is 1.03 bits per heavy atom. The van der Waals surface area contributed by atoms with Gasteiger partial charge in [0.05, 0.1) is 24.0 Å². The van der Waals surface area contributed by atoms with Gasteiger partial charge in [0.15, 0.2) is 0 Å². The fourth-order valence-electron chi connectivity index (χ4n) is 4.07. The summed E-state index contributed by atoms with van der Waals surface area (Å²) in [7, 11) is 0. The van der Waals surface area contributed by atoms with Crippen LogP contribution in [0.15, 0.2) is 79.0 Å². The second-order valence-electron chi connectivity index (χ2n) is 7.93. The Morgan fingerprint density at radius 3 is 2.61 bits per heavy atom. The van der Waals surface area contributed by atoms with Crippen molar-refractivity contribution in [2.24, 2.45) is 0 Å². The number of carbonyl (C=O) groups is 2. The number of nitrogens with one attached hydrogen (secondary N) is 2. The standard InChI is InChI=1S/C26H21ClN4O2/c27-20-9-6-17(7-10-20)16-31-23-12-11-21(14-19(23)8-13-24(31)32)29-26(33)22-15-28-30-25(22)18-4-2-1-3-5-18/h1-7,9-12,14-15H,8,13,16H2,(H,28,30)(H,29,33). The molecule has 6 nitrogen and oxygen atoms in total. The van der Waals surface area contributed by atoms with Crippen molar-refractivity contribution in [2.45, 2.75) is 19.4 Å². The Kier molecular flexibility index (Phi) is 5.67. The lowest BCUT2D eigenvalue weighted by Crippen LogP contribution is -2.34. The molecule has 0 radical (unpaired) electrons. The first-order valence-corrected chi connectivity index (χ1v) is 11.0. The Hall–Kier alpha value is -3.90. The summed E-state index contributed by atoms with van der Waals surface area (Å²) in [5.74, 6) is -0.160. The molecule has 0 spiro atoms. The van der Waals surface area contributed by atoms with Crippen molar-refractivity contribution in [3.05, 3.63) is 101 Å². The van der Waals surface area contributed by atoms with Crippen molar-refractivity contribution in [3.63, 3.8) is 0 Å². The maximum absolute atomic E-state index is 13.0. The van der Waals surface area contributed by atoms with Crippen LogP contribution in [0.25, 0.3) is 11.3 Å². The van der Waals surface area contributed by atoms with Gasteiger partial charge in [-0.25, -0.2) is 0 Å². The third-order valence-electron chi connectivity index (χ3n) is 5.74. The molecule has 0 atom stereocenters. The van der Waals surface area contributed by atoms with Gasteiger partial charge in [-0.3, -0.25) is 14.7 Å². The molecule has 2 amide bonds. The van der Waals surface area contributed by atoms with E-state index >= 15 is 0 Å². The van der Waals surface area contributed by atoms with Crippen LogP contribution in [-0.2, 0) is 17.8 Å². The van der Waals surface area contributed by atoms with E-state index in [2.05, 4.69) is 15.5 Å². The Labute approximate surface area is 196 Å².